The van der Waals surface area contributed by atoms with E-state index in [9.17, 15) is 0 Å². The molecule has 0 nitrogen and oxygen atoms in total. The molecule has 0 rings (SSSR count). The van der Waals surface area contributed by atoms with E-state index in [1.807, 2.05) is 13.8 Å². The van der Waals surface area contributed by atoms with E-state index in [2.05, 4.69) is 0 Å². The third kappa shape index (κ3) is 5.77. The van der Waals surface area contributed by atoms with Crippen molar-refractivity contribution in [2.75, 3.05) is 0 Å². The topological polar surface area (TPSA) is 0 Å². The van der Waals surface area contributed by atoms with Gasteiger partial charge in [-0.05, 0) is 17.8 Å². The fourth-order valence-corrected chi connectivity index (χ4v) is 16.3. The Morgan fingerprint density at radius 2 is 1.09 bits per heavy atom. The van der Waals surface area contributed by atoms with Gasteiger partial charge in [-0.2, -0.15) is 0 Å². The maximum absolute atomic E-state index is 6.05. The van der Waals surface area contributed by atoms with E-state index >= 15 is 0 Å². The summed E-state index contributed by atoms with van der Waals surface area (Å²) in [6.45, 7) is -0.210. The minimum atomic E-state index is -2.09. The predicted molar refractivity (Wildman–Crippen MR) is 60.7 cm³/mol. The summed E-state index contributed by atoms with van der Waals surface area (Å²) in [5.74, 6) is 0. The van der Waals surface area contributed by atoms with Crippen molar-refractivity contribution >= 4 is 57.7 Å². The van der Waals surface area contributed by atoms with Crippen LogP contribution in [0.4, 0.5) is 0 Å². The first-order valence-corrected chi connectivity index (χ1v) is 12.5. The van der Waals surface area contributed by atoms with E-state index in [0.717, 1.165) is 12.1 Å². The first-order chi connectivity index (χ1) is 4.83. The van der Waals surface area contributed by atoms with Crippen LogP contribution < -0.4 is 0 Å². The number of rotatable bonds is 4. The highest BCUT2D eigenvalue weighted by Gasteiger charge is 2.38. The lowest BCUT2D eigenvalue weighted by Gasteiger charge is -2.21. The van der Waals surface area contributed by atoms with E-state index in [0.29, 0.717) is 5.67 Å². The van der Waals surface area contributed by atoms with Crippen molar-refractivity contribution in [1.29, 1.82) is 0 Å². The average molecular weight is 270 g/mol. The van der Waals surface area contributed by atoms with Gasteiger partial charge >= 0.3 is 0 Å². The quantitative estimate of drug-likeness (QED) is 0.524. The fourth-order valence-electron chi connectivity index (χ4n) is 0.628. The Morgan fingerprint density at radius 1 is 0.818 bits per heavy atom. The lowest BCUT2D eigenvalue weighted by molar-refractivity contribution is 1.38. The summed E-state index contributed by atoms with van der Waals surface area (Å²) >= 11 is 24.2. The molecule has 0 aromatic heterocycles. The van der Waals surface area contributed by atoms with Crippen molar-refractivity contribution in [3.05, 3.63) is 0 Å². The molecule has 0 heterocycles. The van der Waals surface area contributed by atoms with Gasteiger partial charge in [0, 0.05) is 0 Å². The largest absolute Gasteiger partial charge is 0.250 e. The smallest absolute Gasteiger partial charge is 0.146 e. The van der Waals surface area contributed by atoms with Crippen LogP contribution in [0.25, 0.3) is 0 Å². The SMILES string of the molecule is CC[Si](Cl)(Cl)C[Si](Cl)(Cl)CC. The van der Waals surface area contributed by atoms with E-state index in [4.69, 9.17) is 44.3 Å². The number of hydrogen-bond donors (Lipinski definition) is 0. The summed E-state index contributed by atoms with van der Waals surface area (Å²) in [5.41, 5.74) is 0.680. The van der Waals surface area contributed by atoms with Crippen molar-refractivity contribution in [1.82, 2.24) is 0 Å². The Bertz CT molecular complexity index is 112. The molecule has 0 aliphatic carbocycles. The molecule has 0 atom stereocenters. The summed E-state index contributed by atoms with van der Waals surface area (Å²) in [6.07, 6.45) is 0. The van der Waals surface area contributed by atoms with Gasteiger partial charge in [-0.15, -0.1) is 44.3 Å². The molecule has 0 bridgehead atoms. The highest BCUT2D eigenvalue weighted by atomic mass is 35.7. The second-order valence-electron chi connectivity index (χ2n) is 2.60. The molecule has 68 valence electrons. The third-order valence-corrected chi connectivity index (χ3v) is 15.8. The average Bonchev–Trinajstić information content (AvgIpc) is 1.86. The van der Waals surface area contributed by atoms with Crippen LogP contribution in [-0.2, 0) is 0 Å². The number of hydrogen-bond acceptors (Lipinski definition) is 0. The Morgan fingerprint density at radius 3 is 1.27 bits per heavy atom. The molecule has 0 amide bonds. The summed E-state index contributed by atoms with van der Waals surface area (Å²) < 4.78 is 0. The van der Waals surface area contributed by atoms with Crippen molar-refractivity contribution < 1.29 is 0 Å². The molecular weight excluding hydrogens is 258 g/mol. The molecule has 0 aliphatic rings. The first kappa shape index (κ1) is 12.6. The van der Waals surface area contributed by atoms with Gasteiger partial charge in [-0.1, -0.05) is 13.8 Å². The van der Waals surface area contributed by atoms with Crippen LogP contribution in [0.2, 0.25) is 17.8 Å². The highest BCUT2D eigenvalue weighted by Crippen LogP contribution is 2.36. The molecule has 11 heavy (non-hydrogen) atoms. The Labute approximate surface area is 89.0 Å². The standard InChI is InChI=1S/C5H12Cl4Si2/c1-3-10(6,7)5-11(8,9)4-2/h3-5H2,1-2H3. The summed E-state index contributed by atoms with van der Waals surface area (Å²) in [7, 11) is 0. The summed E-state index contributed by atoms with van der Waals surface area (Å²) in [6, 6.07) is 1.65. The molecule has 0 N–H and O–H groups in total. The maximum Gasteiger partial charge on any atom is 0.250 e. The molecule has 0 fully saturated rings. The summed E-state index contributed by atoms with van der Waals surface area (Å²) in [4.78, 5) is 0. The molecule has 0 unspecified atom stereocenters. The molecular formula is C5H12Cl4Si2. The van der Waals surface area contributed by atoms with Gasteiger partial charge in [-0.25, -0.2) is 0 Å². The van der Waals surface area contributed by atoms with E-state index in [1.165, 1.54) is 0 Å². The van der Waals surface area contributed by atoms with Crippen molar-refractivity contribution in [3.8, 4) is 0 Å². The molecule has 6 heteroatoms. The van der Waals surface area contributed by atoms with Crippen LogP contribution in [0.5, 0.6) is 0 Å². The molecule has 0 saturated heterocycles. The molecule has 0 saturated carbocycles. The minimum Gasteiger partial charge on any atom is -0.146 e. The van der Waals surface area contributed by atoms with Gasteiger partial charge in [0.1, 0.15) is 0 Å². The lowest BCUT2D eigenvalue weighted by Crippen LogP contribution is -2.31. The van der Waals surface area contributed by atoms with E-state index in [-0.39, 0.29) is 0 Å². The monoisotopic (exact) mass is 268 g/mol. The van der Waals surface area contributed by atoms with Crippen LogP contribution >= 0.6 is 44.3 Å². The minimum absolute atomic E-state index is 0.680. The zero-order chi connectivity index (χ0) is 9.12. The molecule has 0 aliphatic heterocycles. The first-order valence-electron chi connectivity index (χ1n) is 3.58. The van der Waals surface area contributed by atoms with E-state index in [1.54, 1.807) is 0 Å². The Balaban J connectivity index is 4.02. The zero-order valence-corrected chi connectivity index (χ0v) is 11.7. The predicted octanol–water partition coefficient (Wildman–Crippen LogP) is 4.41. The highest BCUT2D eigenvalue weighted by molar-refractivity contribution is 7.56. The van der Waals surface area contributed by atoms with Crippen molar-refractivity contribution in [3.63, 3.8) is 0 Å². The van der Waals surface area contributed by atoms with Crippen LogP contribution in [0.3, 0.4) is 0 Å². The van der Waals surface area contributed by atoms with Crippen LogP contribution in [-0.4, -0.2) is 13.4 Å². The van der Waals surface area contributed by atoms with Crippen LogP contribution in [0.1, 0.15) is 13.8 Å². The third-order valence-electron chi connectivity index (χ3n) is 1.55. The van der Waals surface area contributed by atoms with Gasteiger partial charge in [0.05, 0.1) is 0 Å². The second-order valence-corrected chi connectivity index (χ2v) is 18.7. The normalized spacial score (nSPS) is 13.6. The molecule has 0 radical (unpaired) electrons. The zero-order valence-electron chi connectivity index (χ0n) is 6.63. The molecule has 0 spiro atoms. The molecule has 0 aromatic carbocycles. The van der Waals surface area contributed by atoms with Gasteiger partial charge in [-0.3, -0.25) is 0 Å². The molecule has 0 aromatic rings. The fraction of sp³-hybridized carbons (Fsp3) is 1.00. The van der Waals surface area contributed by atoms with Gasteiger partial charge in [0.25, 0.3) is 13.4 Å². The Kier molecular flexibility index (Phi) is 5.41. The second kappa shape index (κ2) is 4.73. The van der Waals surface area contributed by atoms with Crippen LogP contribution in [0, 0.1) is 0 Å². The van der Waals surface area contributed by atoms with Gasteiger partial charge in [0.2, 0.25) is 0 Å². The van der Waals surface area contributed by atoms with Crippen molar-refractivity contribution in [2.24, 2.45) is 0 Å². The summed E-state index contributed by atoms with van der Waals surface area (Å²) in [5, 5.41) is 0. The maximum atomic E-state index is 6.05. The Hall–Kier alpha value is 1.59. The lowest BCUT2D eigenvalue weighted by atomic mass is 11.0. The van der Waals surface area contributed by atoms with Gasteiger partial charge < -0.3 is 0 Å². The van der Waals surface area contributed by atoms with E-state index < -0.39 is 13.4 Å². The van der Waals surface area contributed by atoms with Gasteiger partial charge in [0.15, 0.2) is 0 Å². The van der Waals surface area contributed by atoms with Crippen molar-refractivity contribution in [2.45, 2.75) is 31.6 Å². The number of halogens is 4. The van der Waals surface area contributed by atoms with Crippen LogP contribution in [0.15, 0.2) is 0 Å².